The van der Waals surface area contributed by atoms with Crippen molar-refractivity contribution in [2.45, 2.75) is 123 Å². The number of hydrogen-bond donors (Lipinski definition) is 1. The first-order valence-corrected chi connectivity index (χ1v) is 11.6. The maximum absolute atomic E-state index is 11.9. The van der Waals surface area contributed by atoms with Gasteiger partial charge >= 0.3 is 11.9 Å². The molecule has 0 aromatic heterocycles. The average molecular weight is 411 g/mol. The predicted octanol–water partition coefficient (Wildman–Crippen LogP) is 6.39. The van der Waals surface area contributed by atoms with Crippen molar-refractivity contribution in [1.82, 2.24) is 0 Å². The zero-order valence-electron chi connectivity index (χ0n) is 18.6. The lowest BCUT2D eigenvalue weighted by molar-refractivity contribution is -0.155. The second kappa shape index (κ2) is 19.7. The van der Waals surface area contributed by atoms with E-state index in [1.165, 1.54) is 57.8 Å². The molecule has 1 unspecified atom stereocenters. The van der Waals surface area contributed by atoms with Gasteiger partial charge in [0.15, 0.2) is 11.9 Å². The number of carboxylic acids is 1. The molecule has 0 bridgehead atoms. The Morgan fingerprint density at radius 3 is 1.83 bits per heavy atom. The smallest absolute Gasteiger partial charge is 0.307 e. The molecule has 1 atom stereocenters. The van der Waals surface area contributed by atoms with Crippen molar-refractivity contribution >= 4 is 17.7 Å². The highest BCUT2D eigenvalue weighted by Crippen LogP contribution is 2.11. The van der Waals surface area contributed by atoms with Crippen LogP contribution in [0.15, 0.2) is 12.2 Å². The fraction of sp³-hybridized carbons (Fsp3) is 0.792. The highest BCUT2D eigenvalue weighted by Gasteiger charge is 2.17. The van der Waals surface area contributed by atoms with E-state index in [1.54, 1.807) is 6.92 Å². The van der Waals surface area contributed by atoms with Gasteiger partial charge in [0.2, 0.25) is 0 Å². The lowest BCUT2D eigenvalue weighted by Crippen LogP contribution is -2.24. The van der Waals surface area contributed by atoms with E-state index >= 15 is 0 Å². The third-order valence-electron chi connectivity index (χ3n) is 4.99. The molecule has 0 amide bonds. The second-order valence-electron chi connectivity index (χ2n) is 7.83. The number of unbranched alkanes of at least 4 members (excludes halogenated alkanes) is 11. The number of Topliss-reactive ketones (excluding diaryl/α,β-unsaturated/α-hetero) is 1. The number of hydrogen-bond acceptors (Lipinski definition) is 4. The van der Waals surface area contributed by atoms with Crippen LogP contribution in [0.5, 0.6) is 0 Å². The van der Waals surface area contributed by atoms with E-state index in [4.69, 9.17) is 9.84 Å². The van der Waals surface area contributed by atoms with Crippen LogP contribution >= 0.6 is 0 Å². The summed E-state index contributed by atoms with van der Waals surface area (Å²) in [6.07, 6.45) is 19.5. The van der Waals surface area contributed by atoms with Gasteiger partial charge in [-0.2, -0.15) is 0 Å². The van der Waals surface area contributed by atoms with Crippen molar-refractivity contribution in [3.05, 3.63) is 12.2 Å². The molecule has 5 heteroatoms. The number of ketones is 1. The van der Waals surface area contributed by atoms with E-state index in [9.17, 15) is 14.4 Å². The molecule has 0 aliphatic heterocycles. The molecule has 0 radical (unpaired) electrons. The number of carbonyl (C=O) groups excluding carboxylic acids is 2. The summed E-state index contributed by atoms with van der Waals surface area (Å²) >= 11 is 0. The molecule has 0 aromatic carbocycles. The molecule has 168 valence electrons. The molecule has 0 saturated carbocycles. The van der Waals surface area contributed by atoms with E-state index in [0.717, 1.165) is 25.7 Å². The molecule has 1 N–H and O–H groups in total. The summed E-state index contributed by atoms with van der Waals surface area (Å²) in [6.45, 7) is 3.80. The highest BCUT2D eigenvalue weighted by molar-refractivity contribution is 5.85. The summed E-state index contributed by atoms with van der Waals surface area (Å²) < 4.78 is 4.98. The highest BCUT2D eigenvalue weighted by atomic mass is 16.5. The van der Waals surface area contributed by atoms with Gasteiger partial charge in [-0.15, -0.1) is 0 Å². The molecule has 5 nitrogen and oxygen atoms in total. The van der Waals surface area contributed by atoms with Crippen molar-refractivity contribution in [2.24, 2.45) is 0 Å². The Labute approximate surface area is 177 Å². The summed E-state index contributed by atoms with van der Waals surface area (Å²) in [5.41, 5.74) is 0. The number of carbonyl (C=O) groups is 3. The quantitative estimate of drug-likeness (QED) is 0.143. The third kappa shape index (κ3) is 19.4. The Morgan fingerprint density at radius 1 is 0.759 bits per heavy atom. The maximum atomic E-state index is 11.9. The van der Waals surface area contributed by atoms with Gasteiger partial charge in [-0.1, -0.05) is 70.4 Å². The van der Waals surface area contributed by atoms with Crippen LogP contribution in [0.3, 0.4) is 0 Å². The molecule has 0 rings (SSSR count). The lowest BCUT2D eigenvalue weighted by atomic mass is 10.1. The summed E-state index contributed by atoms with van der Waals surface area (Å²) in [4.78, 5) is 33.8. The Hall–Kier alpha value is -1.65. The average Bonchev–Trinajstić information content (AvgIpc) is 2.69. The van der Waals surface area contributed by atoms with Gasteiger partial charge in [-0.25, -0.2) is 0 Å². The van der Waals surface area contributed by atoms with E-state index in [2.05, 4.69) is 19.1 Å². The molecule has 0 aliphatic rings. The number of aliphatic carboxylic acids is 1. The molecule has 0 aromatic rings. The topological polar surface area (TPSA) is 80.7 Å². The monoisotopic (exact) mass is 410 g/mol. The van der Waals surface area contributed by atoms with Crippen molar-refractivity contribution in [3.63, 3.8) is 0 Å². The van der Waals surface area contributed by atoms with Crippen molar-refractivity contribution in [3.8, 4) is 0 Å². The summed E-state index contributed by atoms with van der Waals surface area (Å²) in [5, 5.41) is 8.53. The van der Waals surface area contributed by atoms with Crippen LogP contribution in [-0.4, -0.2) is 28.9 Å². The SMILES string of the molecule is CCCCCCCCC=CCCCCCCCC(=O)C(C)OC(=O)CCC(=O)O. The van der Waals surface area contributed by atoms with Gasteiger partial charge < -0.3 is 9.84 Å². The first-order valence-electron chi connectivity index (χ1n) is 11.6. The first kappa shape index (κ1) is 27.4. The van der Waals surface area contributed by atoms with Crippen molar-refractivity contribution in [1.29, 1.82) is 0 Å². The van der Waals surface area contributed by atoms with Gasteiger partial charge in [0.05, 0.1) is 12.8 Å². The van der Waals surface area contributed by atoms with Gasteiger partial charge in [0.25, 0.3) is 0 Å². The van der Waals surface area contributed by atoms with Gasteiger partial charge in [0, 0.05) is 6.42 Å². The molecular formula is C24H42O5. The number of rotatable bonds is 20. The number of carboxylic acid groups (broad SMARTS) is 1. The molecular weight excluding hydrogens is 368 g/mol. The largest absolute Gasteiger partial charge is 0.481 e. The normalized spacial score (nSPS) is 12.2. The number of allylic oxidation sites excluding steroid dienone is 2. The minimum Gasteiger partial charge on any atom is -0.481 e. The Balaban J connectivity index is 3.48. The summed E-state index contributed by atoms with van der Waals surface area (Å²) in [5.74, 6) is -1.77. The fourth-order valence-corrected chi connectivity index (χ4v) is 3.10. The van der Waals surface area contributed by atoms with Crippen molar-refractivity contribution in [2.75, 3.05) is 0 Å². The number of esters is 1. The van der Waals surface area contributed by atoms with Crippen LogP contribution in [0.1, 0.15) is 117 Å². The molecule has 0 fully saturated rings. The molecule has 0 saturated heterocycles. The predicted molar refractivity (Wildman–Crippen MR) is 117 cm³/mol. The van der Waals surface area contributed by atoms with E-state index in [-0.39, 0.29) is 18.6 Å². The van der Waals surface area contributed by atoms with Crippen LogP contribution in [0.2, 0.25) is 0 Å². The van der Waals surface area contributed by atoms with Gasteiger partial charge in [-0.3, -0.25) is 14.4 Å². The summed E-state index contributed by atoms with van der Waals surface area (Å²) in [7, 11) is 0. The minimum atomic E-state index is -1.05. The van der Waals surface area contributed by atoms with Crippen molar-refractivity contribution < 1.29 is 24.2 Å². The first-order chi connectivity index (χ1) is 14.0. The second-order valence-corrected chi connectivity index (χ2v) is 7.83. The zero-order valence-corrected chi connectivity index (χ0v) is 18.6. The Morgan fingerprint density at radius 2 is 1.28 bits per heavy atom. The zero-order chi connectivity index (χ0) is 21.7. The molecule has 0 spiro atoms. The number of ether oxygens (including phenoxy) is 1. The summed E-state index contributed by atoms with van der Waals surface area (Å²) in [6, 6.07) is 0. The van der Waals surface area contributed by atoms with Crippen LogP contribution < -0.4 is 0 Å². The molecule has 0 heterocycles. The fourth-order valence-electron chi connectivity index (χ4n) is 3.10. The van der Waals surface area contributed by atoms with Crippen LogP contribution in [0, 0.1) is 0 Å². The minimum absolute atomic E-state index is 0.0914. The molecule has 0 aliphatic carbocycles. The van der Waals surface area contributed by atoms with Crippen LogP contribution in [0.4, 0.5) is 0 Å². The Bertz CT molecular complexity index is 470. The third-order valence-corrected chi connectivity index (χ3v) is 4.99. The van der Waals surface area contributed by atoms with Gasteiger partial charge in [-0.05, 0) is 39.0 Å². The maximum Gasteiger partial charge on any atom is 0.307 e. The lowest BCUT2D eigenvalue weighted by Gasteiger charge is -2.11. The van der Waals surface area contributed by atoms with E-state index < -0.39 is 18.0 Å². The van der Waals surface area contributed by atoms with Crippen LogP contribution in [0.25, 0.3) is 0 Å². The molecule has 29 heavy (non-hydrogen) atoms. The van der Waals surface area contributed by atoms with Crippen LogP contribution in [-0.2, 0) is 19.1 Å². The Kier molecular flexibility index (Phi) is 18.5. The van der Waals surface area contributed by atoms with E-state index in [0.29, 0.717) is 6.42 Å². The van der Waals surface area contributed by atoms with E-state index in [1.807, 2.05) is 0 Å². The van der Waals surface area contributed by atoms with Gasteiger partial charge in [0.1, 0.15) is 0 Å². The standard InChI is InChI=1S/C24H42O5/c1-3-4-5-6-7-8-9-10-11-12-13-14-15-16-17-18-22(25)21(2)29-24(28)20-19-23(26)27/h10-11,21H,3-9,12-20H2,1-2H3,(H,26,27).